The summed E-state index contributed by atoms with van der Waals surface area (Å²) in [7, 11) is 3.32. The molecule has 0 bridgehead atoms. The van der Waals surface area contributed by atoms with Gasteiger partial charge in [0, 0.05) is 14.2 Å². The molecule has 90 valence electrons. The largest absolute Gasteiger partial charge is 0.366 e. The fourth-order valence-electron chi connectivity index (χ4n) is 2.24. The highest BCUT2D eigenvalue weighted by Gasteiger charge is 2.46. The van der Waals surface area contributed by atoms with Crippen molar-refractivity contribution in [3.63, 3.8) is 0 Å². The van der Waals surface area contributed by atoms with Crippen LogP contribution in [0, 0.1) is 5.41 Å². The Kier molecular flexibility index (Phi) is 3.80. The van der Waals surface area contributed by atoms with E-state index in [1.807, 2.05) is 0 Å². The predicted molar refractivity (Wildman–Crippen MR) is 59.8 cm³/mol. The summed E-state index contributed by atoms with van der Waals surface area (Å²) in [5, 5.41) is 0. The molecule has 0 N–H and O–H groups in total. The van der Waals surface area contributed by atoms with Crippen LogP contribution >= 0.6 is 0 Å². The first kappa shape index (κ1) is 12.9. The first-order valence-corrected chi connectivity index (χ1v) is 5.57. The Hall–Kier alpha value is -0.120. The number of rotatable bonds is 3. The molecule has 1 rings (SSSR count). The zero-order valence-corrected chi connectivity index (χ0v) is 10.8. The van der Waals surface area contributed by atoms with Gasteiger partial charge in [-0.15, -0.1) is 0 Å². The molecule has 1 heterocycles. The van der Waals surface area contributed by atoms with Crippen LogP contribution in [0.2, 0.25) is 0 Å². The molecule has 0 unspecified atom stereocenters. The number of hydrogen-bond donors (Lipinski definition) is 0. The Morgan fingerprint density at radius 2 is 1.80 bits per heavy atom. The van der Waals surface area contributed by atoms with Gasteiger partial charge in [-0.25, -0.2) is 0 Å². The van der Waals surface area contributed by atoms with Gasteiger partial charge in [-0.3, -0.25) is 0 Å². The molecular formula is C12H24O3. The van der Waals surface area contributed by atoms with Gasteiger partial charge in [0.1, 0.15) is 5.60 Å². The van der Waals surface area contributed by atoms with Crippen molar-refractivity contribution in [1.29, 1.82) is 0 Å². The van der Waals surface area contributed by atoms with E-state index in [0.29, 0.717) is 0 Å². The highest BCUT2D eigenvalue weighted by Crippen LogP contribution is 2.41. The summed E-state index contributed by atoms with van der Waals surface area (Å²) in [6, 6.07) is 0. The van der Waals surface area contributed by atoms with E-state index in [-0.39, 0.29) is 23.4 Å². The van der Waals surface area contributed by atoms with Gasteiger partial charge < -0.3 is 14.2 Å². The Bertz CT molecular complexity index is 205. The van der Waals surface area contributed by atoms with Crippen LogP contribution in [0.1, 0.15) is 40.5 Å². The van der Waals surface area contributed by atoms with Gasteiger partial charge >= 0.3 is 0 Å². The fourth-order valence-corrected chi connectivity index (χ4v) is 2.24. The summed E-state index contributed by atoms with van der Waals surface area (Å²) < 4.78 is 16.7. The van der Waals surface area contributed by atoms with Crippen LogP contribution in [0.4, 0.5) is 0 Å². The molecule has 0 aromatic carbocycles. The van der Waals surface area contributed by atoms with Crippen LogP contribution in [0.3, 0.4) is 0 Å². The summed E-state index contributed by atoms with van der Waals surface area (Å²) in [5.74, 6) is 0. The smallest absolute Gasteiger partial charge is 0.185 e. The summed E-state index contributed by atoms with van der Waals surface area (Å²) in [4.78, 5) is 0. The zero-order chi connectivity index (χ0) is 11.7. The second-order valence-corrected chi connectivity index (χ2v) is 5.63. The zero-order valence-electron chi connectivity index (χ0n) is 10.8. The molecule has 3 nitrogen and oxygen atoms in total. The first-order chi connectivity index (χ1) is 6.83. The van der Waals surface area contributed by atoms with Crippen molar-refractivity contribution in [2.45, 2.75) is 58.5 Å². The highest BCUT2D eigenvalue weighted by atomic mass is 16.7. The van der Waals surface area contributed by atoms with Gasteiger partial charge in [0.25, 0.3) is 0 Å². The van der Waals surface area contributed by atoms with E-state index in [4.69, 9.17) is 14.2 Å². The Morgan fingerprint density at radius 1 is 1.27 bits per heavy atom. The monoisotopic (exact) mass is 216 g/mol. The number of hydrogen-bond acceptors (Lipinski definition) is 3. The van der Waals surface area contributed by atoms with Crippen molar-refractivity contribution in [3.8, 4) is 0 Å². The molecule has 0 aliphatic carbocycles. The lowest BCUT2D eigenvalue weighted by Gasteiger charge is -2.34. The van der Waals surface area contributed by atoms with Gasteiger partial charge in [0.2, 0.25) is 0 Å². The van der Waals surface area contributed by atoms with Gasteiger partial charge in [-0.05, 0) is 25.2 Å². The Morgan fingerprint density at radius 3 is 2.13 bits per heavy atom. The SMILES string of the molecule is COC(OC)[C@@]1(C)CC[C@@H](C(C)(C)C)O1. The molecule has 0 saturated carbocycles. The van der Waals surface area contributed by atoms with Crippen molar-refractivity contribution in [3.05, 3.63) is 0 Å². The van der Waals surface area contributed by atoms with E-state index in [9.17, 15) is 0 Å². The van der Waals surface area contributed by atoms with E-state index in [0.717, 1.165) is 12.8 Å². The topological polar surface area (TPSA) is 27.7 Å². The highest BCUT2D eigenvalue weighted by molar-refractivity contribution is 4.92. The molecule has 1 saturated heterocycles. The van der Waals surface area contributed by atoms with Crippen molar-refractivity contribution in [1.82, 2.24) is 0 Å². The Labute approximate surface area is 93.1 Å². The predicted octanol–water partition coefficient (Wildman–Crippen LogP) is 2.59. The van der Waals surface area contributed by atoms with Crippen LogP contribution in [0.5, 0.6) is 0 Å². The van der Waals surface area contributed by atoms with E-state index in [2.05, 4.69) is 27.7 Å². The van der Waals surface area contributed by atoms with Crippen molar-refractivity contribution in [2.24, 2.45) is 5.41 Å². The van der Waals surface area contributed by atoms with Crippen LogP contribution in [0.15, 0.2) is 0 Å². The average Bonchev–Trinajstić information content (AvgIpc) is 2.50. The van der Waals surface area contributed by atoms with Crippen LogP contribution in [0.25, 0.3) is 0 Å². The van der Waals surface area contributed by atoms with Crippen molar-refractivity contribution >= 4 is 0 Å². The quantitative estimate of drug-likeness (QED) is 0.679. The minimum Gasteiger partial charge on any atom is -0.366 e. The van der Waals surface area contributed by atoms with Gasteiger partial charge in [0.15, 0.2) is 6.29 Å². The summed E-state index contributed by atoms with van der Waals surface area (Å²) >= 11 is 0. The minimum absolute atomic E-state index is 0.184. The maximum Gasteiger partial charge on any atom is 0.185 e. The summed E-state index contributed by atoms with van der Waals surface area (Å²) in [6.07, 6.45) is 2.07. The van der Waals surface area contributed by atoms with Gasteiger partial charge in [-0.1, -0.05) is 20.8 Å². The third kappa shape index (κ3) is 2.71. The van der Waals surface area contributed by atoms with Crippen molar-refractivity contribution < 1.29 is 14.2 Å². The third-order valence-electron chi connectivity index (χ3n) is 3.21. The number of ether oxygens (including phenoxy) is 3. The second-order valence-electron chi connectivity index (χ2n) is 5.63. The van der Waals surface area contributed by atoms with Crippen molar-refractivity contribution in [2.75, 3.05) is 14.2 Å². The lowest BCUT2D eigenvalue weighted by Crippen LogP contribution is -2.43. The molecule has 1 fully saturated rings. The molecule has 1 aliphatic rings. The molecular weight excluding hydrogens is 192 g/mol. The molecule has 0 aromatic heterocycles. The van der Waals surface area contributed by atoms with Crippen LogP contribution in [-0.4, -0.2) is 32.2 Å². The second kappa shape index (κ2) is 4.40. The number of methoxy groups -OCH3 is 2. The minimum atomic E-state index is -0.304. The molecule has 1 aliphatic heterocycles. The first-order valence-electron chi connectivity index (χ1n) is 5.57. The molecule has 0 spiro atoms. The normalized spacial score (nSPS) is 32.6. The maximum atomic E-state index is 6.11. The van der Waals surface area contributed by atoms with E-state index in [1.165, 1.54) is 0 Å². The molecule has 3 heteroatoms. The molecule has 2 atom stereocenters. The van der Waals surface area contributed by atoms with E-state index in [1.54, 1.807) is 14.2 Å². The summed E-state index contributed by atoms with van der Waals surface area (Å²) in [6.45, 7) is 8.68. The van der Waals surface area contributed by atoms with E-state index >= 15 is 0 Å². The lowest BCUT2D eigenvalue weighted by atomic mass is 9.87. The Balaban J connectivity index is 2.68. The third-order valence-corrected chi connectivity index (χ3v) is 3.21. The van der Waals surface area contributed by atoms with Crippen LogP contribution in [-0.2, 0) is 14.2 Å². The van der Waals surface area contributed by atoms with E-state index < -0.39 is 0 Å². The van der Waals surface area contributed by atoms with Gasteiger partial charge in [-0.2, -0.15) is 0 Å². The average molecular weight is 216 g/mol. The maximum absolute atomic E-state index is 6.11. The lowest BCUT2D eigenvalue weighted by molar-refractivity contribution is -0.229. The molecule has 0 aromatic rings. The molecule has 0 amide bonds. The van der Waals surface area contributed by atoms with Crippen LogP contribution < -0.4 is 0 Å². The fraction of sp³-hybridized carbons (Fsp3) is 1.00. The van der Waals surface area contributed by atoms with Gasteiger partial charge in [0.05, 0.1) is 6.10 Å². The summed E-state index contributed by atoms with van der Waals surface area (Å²) in [5.41, 5.74) is -0.120. The molecule has 0 radical (unpaired) electrons. The standard InChI is InChI=1S/C12H24O3/c1-11(2,3)9-7-8-12(4,15-9)10(13-5)14-6/h9-10H,7-8H2,1-6H3/t9-,12+/m0/s1. The molecule has 15 heavy (non-hydrogen) atoms.